The summed E-state index contributed by atoms with van der Waals surface area (Å²) in [5.41, 5.74) is 1.37. The maximum atomic E-state index is 12.8. The van der Waals surface area contributed by atoms with Crippen LogP contribution in [0.4, 0.5) is 14.5 Å². The molecule has 1 heterocycles. The van der Waals surface area contributed by atoms with Crippen molar-refractivity contribution in [3.63, 3.8) is 0 Å². The van der Waals surface area contributed by atoms with E-state index >= 15 is 0 Å². The lowest BCUT2D eigenvalue weighted by molar-refractivity contribution is -0.127. The normalized spacial score (nSPS) is 16.6. The summed E-state index contributed by atoms with van der Waals surface area (Å²) >= 11 is 0. The maximum Gasteiger partial charge on any atom is 0.387 e. The molecule has 1 aliphatic heterocycles. The minimum absolute atomic E-state index is 0.0104. The first-order valence-electron chi connectivity index (χ1n) is 8.59. The number of hydrogen-bond donors (Lipinski definition) is 1. The molecular formula is C20H18F2N2O4. The predicted octanol–water partition coefficient (Wildman–Crippen LogP) is 2.77. The van der Waals surface area contributed by atoms with Crippen LogP contribution in [0.1, 0.15) is 22.3 Å². The second-order valence-electron chi connectivity index (χ2n) is 6.25. The van der Waals surface area contributed by atoms with Gasteiger partial charge in [-0.05, 0) is 29.8 Å². The highest BCUT2D eigenvalue weighted by Gasteiger charge is 2.37. The van der Waals surface area contributed by atoms with Crippen LogP contribution in [0.15, 0.2) is 48.5 Å². The van der Waals surface area contributed by atoms with Gasteiger partial charge in [-0.3, -0.25) is 14.4 Å². The van der Waals surface area contributed by atoms with Gasteiger partial charge in [0.2, 0.25) is 11.8 Å². The van der Waals surface area contributed by atoms with E-state index in [1.165, 1.54) is 24.1 Å². The lowest BCUT2D eigenvalue weighted by atomic mass is 9.94. The molecule has 1 aliphatic rings. The largest absolute Gasteiger partial charge is 0.435 e. The number of anilines is 1. The van der Waals surface area contributed by atoms with E-state index in [2.05, 4.69) is 10.1 Å². The molecule has 0 spiro atoms. The lowest BCUT2D eigenvalue weighted by Crippen LogP contribution is -2.36. The van der Waals surface area contributed by atoms with Crippen LogP contribution < -0.4 is 15.0 Å². The van der Waals surface area contributed by atoms with Gasteiger partial charge in [0.1, 0.15) is 11.7 Å². The molecule has 0 saturated carbocycles. The van der Waals surface area contributed by atoms with Crippen molar-refractivity contribution < 1.29 is 27.9 Å². The second kappa shape index (κ2) is 8.16. The van der Waals surface area contributed by atoms with Gasteiger partial charge in [0.05, 0.1) is 12.2 Å². The fourth-order valence-corrected chi connectivity index (χ4v) is 3.14. The van der Waals surface area contributed by atoms with Crippen molar-refractivity contribution >= 4 is 23.3 Å². The number of nitrogens with one attached hydrogen (secondary N) is 1. The van der Waals surface area contributed by atoms with E-state index in [9.17, 15) is 23.2 Å². The van der Waals surface area contributed by atoms with Gasteiger partial charge in [-0.15, -0.1) is 0 Å². The molecule has 1 atom stereocenters. The second-order valence-corrected chi connectivity index (χ2v) is 6.25. The van der Waals surface area contributed by atoms with Crippen molar-refractivity contribution in [2.24, 2.45) is 5.92 Å². The van der Waals surface area contributed by atoms with Gasteiger partial charge in [0.25, 0.3) is 0 Å². The molecule has 0 bridgehead atoms. The Morgan fingerprint density at radius 2 is 1.86 bits per heavy atom. The highest BCUT2D eigenvalue weighted by atomic mass is 19.3. The molecule has 1 unspecified atom stereocenters. The molecule has 0 fully saturated rings. The number of ketones is 1. The van der Waals surface area contributed by atoms with Gasteiger partial charge in [-0.25, -0.2) is 0 Å². The van der Waals surface area contributed by atoms with Gasteiger partial charge in [-0.1, -0.05) is 24.3 Å². The topological polar surface area (TPSA) is 75.7 Å². The predicted molar refractivity (Wildman–Crippen MR) is 97.2 cm³/mol. The number of hydrogen-bond acceptors (Lipinski definition) is 4. The summed E-state index contributed by atoms with van der Waals surface area (Å²) < 4.78 is 28.9. The van der Waals surface area contributed by atoms with Crippen molar-refractivity contribution in [2.45, 2.75) is 19.6 Å². The number of fused-ring (bicyclic) bond motifs is 1. The van der Waals surface area contributed by atoms with Crippen LogP contribution in [0.3, 0.4) is 0 Å². The summed E-state index contributed by atoms with van der Waals surface area (Å²) in [6, 6.07) is 12.5. The Morgan fingerprint density at radius 1 is 1.18 bits per heavy atom. The zero-order valence-corrected chi connectivity index (χ0v) is 15.0. The first-order chi connectivity index (χ1) is 13.4. The minimum atomic E-state index is -2.92. The first-order valence-corrected chi connectivity index (χ1v) is 8.59. The Labute approximate surface area is 160 Å². The molecule has 6 nitrogen and oxygen atoms in total. The highest BCUT2D eigenvalue weighted by Crippen LogP contribution is 2.31. The molecule has 3 rings (SSSR count). The third-order valence-electron chi connectivity index (χ3n) is 4.51. The molecule has 8 heteroatoms. The van der Waals surface area contributed by atoms with E-state index in [0.29, 0.717) is 16.8 Å². The number of carbonyl (C=O) groups excluding carboxylic acids is 3. The van der Waals surface area contributed by atoms with Crippen molar-refractivity contribution in [2.75, 3.05) is 11.9 Å². The number of benzene rings is 2. The Kier molecular flexibility index (Phi) is 5.67. The van der Waals surface area contributed by atoms with Gasteiger partial charge in [0, 0.05) is 19.0 Å². The van der Waals surface area contributed by atoms with Crippen molar-refractivity contribution in [3.05, 3.63) is 59.7 Å². The summed E-state index contributed by atoms with van der Waals surface area (Å²) in [6.07, 6.45) is -0.250. The van der Waals surface area contributed by atoms with E-state index in [1.54, 1.807) is 36.4 Å². The third-order valence-corrected chi connectivity index (χ3v) is 4.51. The van der Waals surface area contributed by atoms with E-state index in [0.717, 1.165) is 0 Å². The molecule has 2 aromatic rings. The fourth-order valence-electron chi connectivity index (χ4n) is 3.14. The molecule has 1 N–H and O–H groups in total. The highest BCUT2D eigenvalue weighted by molar-refractivity contribution is 6.18. The number of Topliss-reactive ketones (excluding diaryl/α,β-unsaturated/α-hetero) is 1. The molecule has 0 aromatic heterocycles. The molecule has 0 aliphatic carbocycles. The van der Waals surface area contributed by atoms with Crippen molar-refractivity contribution in [1.29, 1.82) is 0 Å². The van der Waals surface area contributed by atoms with Crippen LogP contribution in [0.2, 0.25) is 0 Å². The van der Waals surface area contributed by atoms with E-state index in [-0.39, 0.29) is 24.6 Å². The fraction of sp³-hybridized carbons (Fsp3) is 0.250. The van der Waals surface area contributed by atoms with Gasteiger partial charge in [0.15, 0.2) is 5.78 Å². The number of amides is 2. The van der Waals surface area contributed by atoms with Crippen molar-refractivity contribution in [3.8, 4) is 5.75 Å². The average molecular weight is 388 g/mol. The van der Waals surface area contributed by atoms with Crippen LogP contribution in [0.25, 0.3) is 0 Å². The molecule has 2 aromatic carbocycles. The lowest BCUT2D eigenvalue weighted by Gasteiger charge is -2.23. The third kappa shape index (κ3) is 4.00. The molecule has 2 amide bonds. The van der Waals surface area contributed by atoms with Crippen molar-refractivity contribution in [1.82, 2.24) is 5.32 Å². The summed E-state index contributed by atoms with van der Waals surface area (Å²) in [5.74, 6) is -2.38. The quantitative estimate of drug-likeness (QED) is 0.800. The number of para-hydroxylation sites is 1. The number of halogens is 2. The summed E-state index contributed by atoms with van der Waals surface area (Å²) in [5, 5.41) is 2.42. The van der Waals surface area contributed by atoms with Gasteiger partial charge >= 0.3 is 6.61 Å². The Hall–Kier alpha value is -3.29. The number of nitrogens with zero attached hydrogens (tertiary/aromatic N) is 1. The van der Waals surface area contributed by atoms with E-state index < -0.39 is 24.2 Å². The number of ether oxygens (including phenoxy) is 1. The Morgan fingerprint density at radius 3 is 2.50 bits per heavy atom. The maximum absolute atomic E-state index is 12.8. The zero-order chi connectivity index (χ0) is 20.3. The van der Waals surface area contributed by atoms with Gasteiger partial charge in [-0.2, -0.15) is 8.78 Å². The van der Waals surface area contributed by atoms with Crippen LogP contribution in [-0.2, 0) is 16.1 Å². The van der Waals surface area contributed by atoms with Crippen LogP contribution in [0.5, 0.6) is 5.75 Å². The summed E-state index contributed by atoms with van der Waals surface area (Å²) in [7, 11) is 1.41. The molecular weight excluding hydrogens is 370 g/mol. The summed E-state index contributed by atoms with van der Waals surface area (Å²) in [6.45, 7) is -2.80. The molecule has 0 saturated heterocycles. The first kappa shape index (κ1) is 19.5. The van der Waals surface area contributed by atoms with E-state index in [1.807, 2.05) is 0 Å². The standard InChI is InChI=1S/C20H18F2N2O4/c1-23-19(27)15-10-17(25)24(16-5-3-2-4-14(16)18(15)26)11-12-6-8-13(9-7-12)28-20(21)22/h2-9,15,20H,10-11H2,1H3,(H,23,27). The van der Waals surface area contributed by atoms with Crippen LogP contribution >= 0.6 is 0 Å². The summed E-state index contributed by atoms with van der Waals surface area (Å²) in [4.78, 5) is 39.2. The van der Waals surface area contributed by atoms with Gasteiger partial charge < -0.3 is 15.0 Å². The Balaban J connectivity index is 1.92. The Bertz CT molecular complexity index is 899. The van der Waals surface area contributed by atoms with Crippen LogP contribution in [0, 0.1) is 5.92 Å². The molecule has 0 radical (unpaired) electrons. The van der Waals surface area contributed by atoms with Crippen LogP contribution in [-0.4, -0.2) is 31.3 Å². The average Bonchev–Trinajstić information content (AvgIpc) is 2.79. The van der Waals surface area contributed by atoms with E-state index in [4.69, 9.17) is 0 Å². The smallest absolute Gasteiger partial charge is 0.387 e. The molecule has 28 heavy (non-hydrogen) atoms. The number of carbonyl (C=O) groups is 3. The number of rotatable bonds is 5. The minimum Gasteiger partial charge on any atom is -0.435 e. The SMILES string of the molecule is CNC(=O)C1CC(=O)N(Cc2ccc(OC(F)F)cc2)c2ccccc2C1=O. The zero-order valence-electron chi connectivity index (χ0n) is 15.0. The molecule has 146 valence electrons. The monoisotopic (exact) mass is 388 g/mol. The number of alkyl halides is 2.